The van der Waals surface area contributed by atoms with Crippen molar-refractivity contribution in [3.05, 3.63) is 29.8 Å². The summed E-state index contributed by atoms with van der Waals surface area (Å²) in [5, 5.41) is 2.70. The molecule has 1 aromatic carbocycles. The van der Waals surface area contributed by atoms with E-state index in [0.717, 1.165) is 24.8 Å². The monoisotopic (exact) mass is 404 g/mol. The third kappa shape index (κ3) is 6.21. The first kappa shape index (κ1) is 22.7. The van der Waals surface area contributed by atoms with Crippen molar-refractivity contribution in [1.82, 2.24) is 10.2 Å². The van der Waals surface area contributed by atoms with Gasteiger partial charge in [-0.15, -0.1) is 0 Å². The van der Waals surface area contributed by atoms with Crippen molar-refractivity contribution in [3.8, 4) is 5.75 Å². The Balaban J connectivity index is 2.20. The van der Waals surface area contributed by atoms with Crippen molar-refractivity contribution in [2.24, 2.45) is 5.92 Å². The van der Waals surface area contributed by atoms with Gasteiger partial charge in [-0.3, -0.25) is 14.4 Å². The molecule has 1 fully saturated rings. The number of piperidine rings is 1. The Morgan fingerprint density at radius 2 is 1.90 bits per heavy atom. The Bertz CT molecular complexity index is 689. The molecular weight excluding hydrogens is 372 g/mol. The zero-order chi connectivity index (χ0) is 21.2. The van der Waals surface area contributed by atoms with Crippen LogP contribution in [0, 0.1) is 5.92 Å². The minimum atomic E-state index is -0.503. The van der Waals surface area contributed by atoms with E-state index in [0.29, 0.717) is 31.7 Å². The second-order valence-electron chi connectivity index (χ2n) is 7.26. The van der Waals surface area contributed by atoms with Crippen LogP contribution in [0.15, 0.2) is 24.3 Å². The number of amides is 2. The number of carbonyl (C=O) groups excluding carboxylic acids is 3. The molecule has 29 heavy (non-hydrogen) atoms. The molecule has 7 heteroatoms. The van der Waals surface area contributed by atoms with Crippen LogP contribution in [-0.4, -0.2) is 49.5 Å². The van der Waals surface area contributed by atoms with Gasteiger partial charge in [0.2, 0.25) is 5.91 Å². The van der Waals surface area contributed by atoms with E-state index in [-0.39, 0.29) is 18.4 Å². The van der Waals surface area contributed by atoms with Gasteiger partial charge in [-0.25, -0.2) is 0 Å². The summed E-state index contributed by atoms with van der Waals surface area (Å²) in [6, 6.07) is 7.02. The number of unbranched alkanes of at least 4 members (excludes halogenated alkanes) is 1. The van der Waals surface area contributed by atoms with E-state index >= 15 is 0 Å². The highest BCUT2D eigenvalue weighted by Gasteiger charge is 2.41. The summed E-state index contributed by atoms with van der Waals surface area (Å²) < 4.78 is 10.5. The first-order valence-corrected chi connectivity index (χ1v) is 10.4. The largest absolute Gasteiger partial charge is 0.497 e. The molecule has 1 aliphatic rings. The Morgan fingerprint density at radius 1 is 1.17 bits per heavy atom. The van der Waals surface area contributed by atoms with E-state index in [1.54, 1.807) is 12.0 Å². The lowest BCUT2D eigenvalue weighted by Gasteiger charge is -2.40. The smallest absolute Gasteiger partial charge is 0.311 e. The fraction of sp³-hybridized carbons (Fsp3) is 0.591. The molecule has 1 heterocycles. The van der Waals surface area contributed by atoms with E-state index in [1.165, 1.54) is 0 Å². The molecule has 1 saturated heterocycles. The van der Waals surface area contributed by atoms with Crippen LogP contribution in [0.4, 0.5) is 0 Å². The van der Waals surface area contributed by atoms with Gasteiger partial charge in [-0.1, -0.05) is 32.4 Å². The number of nitrogens with zero attached hydrogens (tertiary/aromatic N) is 1. The third-order valence-corrected chi connectivity index (χ3v) is 5.14. The van der Waals surface area contributed by atoms with E-state index in [1.807, 2.05) is 31.2 Å². The number of carbonyl (C=O) groups is 3. The van der Waals surface area contributed by atoms with Crippen molar-refractivity contribution >= 4 is 17.8 Å². The van der Waals surface area contributed by atoms with Gasteiger partial charge in [0.05, 0.1) is 19.1 Å². The maximum absolute atomic E-state index is 12.8. The molecule has 0 aromatic heterocycles. The molecule has 0 unspecified atom stereocenters. The predicted octanol–water partition coefficient (Wildman–Crippen LogP) is 2.84. The molecule has 0 aliphatic carbocycles. The van der Waals surface area contributed by atoms with Gasteiger partial charge in [0.15, 0.2) is 6.61 Å². The van der Waals surface area contributed by atoms with E-state index in [9.17, 15) is 14.4 Å². The summed E-state index contributed by atoms with van der Waals surface area (Å²) in [5.74, 6) is -0.494. The molecule has 2 atom stereocenters. The van der Waals surface area contributed by atoms with Crippen molar-refractivity contribution in [2.45, 2.75) is 52.0 Å². The number of rotatable bonds is 10. The summed E-state index contributed by atoms with van der Waals surface area (Å²) in [7, 11) is 1.59. The number of hydrogen-bond acceptors (Lipinski definition) is 5. The molecule has 7 nitrogen and oxygen atoms in total. The Morgan fingerprint density at radius 3 is 2.52 bits per heavy atom. The first-order valence-electron chi connectivity index (χ1n) is 10.4. The molecule has 1 N–H and O–H groups in total. The lowest BCUT2D eigenvalue weighted by Crippen LogP contribution is -2.46. The van der Waals surface area contributed by atoms with Gasteiger partial charge in [0, 0.05) is 19.5 Å². The maximum atomic E-state index is 12.8. The van der Waals surface area contributed by atoms with E-state index in [2.05, 4.69) is 12.2 Å². The van der Waals surface area contributed by atoms with Crippen LogP contribution in [-0.2, 0) is 19.1 Å². The molecule has 0 bridgehead atoms. The average molecular weight is 405 g/mol. The number of hydrogen-bond donors (Lipinski definition) is 1. The maximum Gasteiger partial charge on any atom is 0.311 e. The fourth-order valence-electron chi connectivity index (χ4n) is 3.56. The minimum absolute atomic E-state index is 0.0454. The van der Waals surface area contributed by atoms with Crippen molar-refractivity contribution < 1.29 is 23.9 Å². The Kier molecular flexibility index (Phi) is 8.96. The lowest BCUT2D eigenvalue weighted by atomic mass is 9.84. The van der Waals surface area contributed by atoms with Crippen molar-refractivity contribution in [3.63, 3.8) is 0 Å². The summed E-state index contributed by atoms with van der Waals surface area (Å²) >= 11 is 0. The molecule has 1 aromatic rings. The van der Waals surface area contributed by atoms with Crippen molar-refractivity contribution in [2.75, 3.05) is 26.8 Å². The van der Waals surface area contributed by atoms with Crippen LogP contribution in [0.5, 0.6) is 5.75 Å². The number of esters is 1. The van der Waals surface area contributed by atoms with Gasteiger partial charge in [0.1, 0.15) is 5.75 Å². The second-order valence-corrected chi connectivity index (χ2v) is 7.26. The number of likely N-dealkylation sites (tertiary alicyclic amines) is 1. The number of ether oxygens (including phenoxy) is 2. The number of nitrogens with one attached hydrogen (secondary N) is 1. The normalized spacial score (nSPS) is 19.0. The zero-order valence-electron chi connectivity index (χ0n) is 17.6. The summed E-state index contributed by atoms with van der Waals surface area (Å²) in [6.45, 7) is 4.86. The summed E-state index contributed by atoms with van der Waals surface area (Å²) in [5.41, 5.74) is 0.868. The first-order chi connectivity index (χ1) is 14.0. The highest BCUT2D eigenvalue weighted by Crippen LogP contribution is 2.38. The predicted molar refractivity (Wildman–Crippen MR) is 109 cm³/mol. The fourth-order valence-corrected chi connectivity index (χ4v) is 3.56. The molecule has 160 valence electrons. The molecule has 1 aliphatic heterocycles. The highest BCUT2D eigenvalue weighted by atomic mass is 16.5. The highest BCUT2D eigenvalue weighted by molar-refractivity contribution is 5.84. The van der Waals surface area contributed by atoms with Crippen LogP contribution in [0.25, 0.3) is 0 Å². The molecule has 0 spiro atoms. The van der Waals surface area contributed by atoms with Gasteiger partial charge < -0.3 is 19.7 Å². The standard InChI is InChI=1S/C22H32N2O5/c1-4-6-14-24-20(26)12-11-18(22(27)29-15-19(25)23-13-5-2)21(24)16-7-9-17(28-3)10-8-16/h7-10,18,21H,4-6,11-15H2,1-3H3,(H,23,25)/t18-,21+/m0/s1. The minimum Gasteiger partial charge on any atom is -0.497 e. The van der Waals surface area contributed by atoms with Gasteiger partial charge >= 0.3 is 5.97 Å². The van der Waals surface area contributed by atoms with Crippen LogP contribution in [0.3, 0.4) is 0 Å². The third-order valence-electron chi connectivity index (χ3n) is 5.14. The molecule has 0 saturated carbocycles. The average Bonchev–Trinajstić information content (AvgIpc) is 2.75. The topological polar surface area (TPSA) is 84.9 Å². The van der Waals surface area contributed by atoms with Crippen LogP contribution < -0.4 is 10.1 Å². The Labute approximate surface area is 172 Å². The van der Waals surface area contributed by atoms with Crippen LogP contribution in [0.2, 0.25) is 0 Å². The van der Waals surface area contributed by atoms with Crippen LogP contribution >= 0.6 is 0 Å². The quantitative estimate of drug-likeness (QED) is 0.606. The van der Waals surface area contributed by atoms with Gasteiger partial charge in [0.25, 0.3) is 5.91 Å². The summed E-state index contributed by atoms with van der Waals surface area (Å²) in [6.07, 6.45) is 3.34. The number of benzene rings is 1. The van der Waals surface area contributed by atoms with E-state index in [4.69, 9.17) is 9.47 Å². The zero-order valence-corrected chi connectivity index (χ0v) is 17.6. The van der Waals surface area contributed by atoms with Gasteiger partial charge in [-0.2, -0.15) is 0 Å². The Hall–Kier alpha value is -2.57. The van der Waals surface area contributed by atoms with Crippen molar-refractivity contribution in [1.29, 1.82) is 0 Å². The number of methoxy groups -OCH3 is 1. The molecule has 0 radical (unpaired) electrons. The van der Waals surface area contributed by atoms with Gasteiger partial charge in [-0.05, 0) is 37.0 Å². The molecular formula is C22H32N2O5. The molecule has 2 amide bonds. The SMILES string of the molecule is CCCCN1C(=O)CC[C@H](C(=O)OCC(=O)NCCC)[C@H]1c1ccc(OC)cc1. The molecule has 2 rings (SSSR count). The van der Waals surface area contributed by atoms with Crippen LogP contribution in [0.1, 0.15) is 57.6 Å². The summed E-state index contributed by atoms with van der Waals surface area (Å²) in [4.78, 5) is 39.1. The lowest BCUT2D eigenvalue weighted by molar-refractivity contribution is -0.159. The van der Waals surface area contributed by atoms with E-state index < -0.39 is 17.9 Å². The second kappa shape index (κ2) is 11.4.